The van der Waals surface area contributed by atoms with Crippen LogP contribution in [0.5, 0.6) is 5.75 Å². The average Bonchev–Trinajstić information content (AvgIpc) is 3.65. The van der Waals surface area contributed by atoms with Crippen LogP contribution in [0.3, 0.4) is 0 Å². The predicted molar refractivity (Wildman–Crippen MR) is 183 cm³/mol. The van der Waals surface area contributed by atoms with E-state index in [0.29, 0.717) is 30.8 Å². The molecule has 0 aliphatic carbocycles. The fraction of sp³-hybridized carbons (Fsp3) is 0.147. The van der Waals surface area contributed by atoms with Gasteiger partial charge in [0.2, 0.25) is 0 Å². The second-order valence-electron chi connectivity index (χ2n) is 10.5. The lowest BCUT2D eigenvalue weighted by molar-refractivity contribution is -0.384. The minimum absolute atomic E-state index is 0.103. The second kappa shape index (κ2) is 13.8. The highest BCUT2D eigenvalue weighted by Gasteiger charge is 2.35. The standard InChI is InChI=1S/C34H24Cl3N3O7S/c1-3-45-33(42)30-18(2)38-34-39(31(30)28-13-12-27(47-28)24-16-22(40(43)44)8-11-25(24)36)32(41)29(48-34)14-19-4-9-23(10-5-19)46-17-20-6-7-21(35)15-26(20)37/h4-16,31H,3,17H2,1-2H3/b29-14-/t31-/m0/s1. The molecule has 3 heterocycles. The lowest BCUT2D eigenvalue weighted by atomic mass is 10.0. The summed E-state index contributed by atoms with van der Waals surface area (Å²) in [5.74, 6) is 0.394. The third-order valence-corrected chi connectivity index (χ3v) is 9.33. The number of thiazole rings is 1. The molecule has 14 heteroatoms. The van der Waals surface area contributed by atoms with Gasteiger partial charge in [-0.25, -0.2) is 9.79 Å². The highest BCUT2D eigenvalue weighted by molar-refractivity contribution is 7.07. The zero-order valence-corrected chi connectivity index (χ0v) is 28.3. The maximum Gasteiger partial charge on any atom is 0.338 e. The van der Waals surface area contributed by atoms with E-state index in [1.165, 1.54) is 22.8 Å². The number of halogens is 3. The molecule has 48 heavy (non-hydrogen) atoms. The van der Waals surface area contributed by atoms with Gasteiger partial charge in [0.1, 0.15) is 29.9 Å². The summed E-state index contributed by atoms with van der Waals surface area (Å²) in [5, 5.41) is 12.7. The number of fused-ring (bicyclic) bond motifs is 1. The first kappa shape index (κ1) is 33.2. The van der Waals surface area contributed by atoms with Gasteiger partial charge < -0.3 is 13.9 Å². The third kappa shape index (κ3) is 6.67. The van der Waals surface area contributed by atoms with Gasteiger partial charge in [0.25, 0.3) is 11.2 Å². The van der Waals surface area contributed by atoms with Crippen molar-refractivity contribution >= 4 is 63.9 Å². The SMILES string of the molecule is CCOC(=O)C1=C(C)N=c2s/c(=C\c3ccc(OCc4ccc(Cl)cc4Cl)cc3)c(=O)n2[C@H]1c1ccc(-c2cc([N+](=O)[O-])ccc2Cl)o1. The molecule has 0 unspecified atom stereocenters. The summed E-state index contributed by atoms with van der Waals surface area (Å²) in [6.07, 6.45) is 1.72. The highest BCUT2D eigenvalue weighted by Crippen LogP contribution is 2.37. The largest absolute Gasteiger partial charge is 0.489 e. The molecule has 0 N–H and O–H groups in total. The van der Waals surface area contributed by atoms with Crippen molar-refractivity contribution in [3.05, 3.63) is 146 Å². The number of esters is 1. The Labute approximate surface area is 291 Å². The average molecular weight is 725 g/mol. The van der Waals surface area contributed by atoms with Gasteiger partial charge in [-0.2, -0.15) is 0 Å². The number of furan rings is 1. The molecule has 5 aromatic rings. The van der Waals surface area contributed by atoms with Crippen LogP contribution in [0.25, 0.3) is 17.4 Å². The Hall–Kier alpha value is -4.68. The van der Waals surface area contributed by atoms with Gasteiger partial charge in [-0.15, -0.1) is 0 Å². The van der Waals surface area contributed by atoms with Gasteiger partial charge in [0, 0.05) is 33.3 Å². The van der Waals surface area contributed by atoms with Crippen molar-refractivity contribution in [2.45, 2.75) is 26.5 Å². The van der Waals surface area contributed by atoms with E-state index in [-0.39, 0.29) is 46.6 Å². The van der Waals surface area contributed by atoms with Crippen molar-refractivity contribution in [3.8, 4) is 17.1 Å². The normalized spacial score (nSPS) is 14.4. The van der Waals surface area contributed by atoms with Crippen molar-refractivity contribution < 1.29 is 23.6 Å². The van der Waals surface area contributed by atoms with Crippen molar-refractivity contribution in [1.29, 1.82) is 0 Å². The number of carbonyl (C=O) groups is 1. The van der Waals surface area contributed by atoms with Crippen molar-refractivity contribution in [3.63, 3.8) is 0 Å². The number of non-ortho nitro benzene ring substituents is 1. The molecule has 1 aliphatic rings. The first-order valence-electron chi connectivity index (χ1n) is 14.4. The molecule has 0 fully saturated rings. The van der Waals surface area contributed by atoms with Crippen LogP contribution in [-0.2, 0) is 16.1 Å². The zero-order chi connectivity index (χ0) is 34.1. The number of benzene rings is 3. The van der Waals surface area contributed by atoms with E-state index in [0.717, 1.165) is 22.5 Å². The van der Waals surface area contributed by atoms with E-state index in [2.05, 4.69) is 4.99 Å². The minimum atomic E-state index is -1.02. The predicted octanol–water partition coefficient (Wildman–Crippen LogP) is 7.51. The monoisotopic (exact) mass is 723 g/mol. The Bertz CT molecular complexity index is 2290. The first-order chi connectivity index (χ1) is 23.0. The summed E-state index contributed by atoms with van der Waals surface area (Å²) < 4.78 is 19.1. The Morgan fingerprint density at radius 1 is 1.06 bits per heavy atom. The van der Waals surface area contributed by atoms with Crippen LogP contribution < -0.4 is 19.6 Å². The fourth-order valence-electron chi connectivity index (χ4n) is 5.13. The number of hydrogen-bond acceptors (Lipinski definition) is 9. The zero-order valence-electron chi connectivity index (χ0n) is 25.2. The van der Waals surface area contributed by atoms with Gasteiger partial charge in [0.05, 0.1) is 32.4 Å². The lowest BCUT2D eigenvalue weighted by Gasteiger charge is -2.22. The van der Waals surface area contributed by atoms with E-state index in [4.69, 9.17) is 48.7 Å². The smallest absolute Gasteiger partial charge is 0.338 e. The van der Waals surface area contributed by atoms with Gasteiger partial charge in [-0.05, 0) is 68.0 Å². The van der Waals surface area contributed by atoms with Crippen LogP contribution >= 0.6 is 46.1 Å². The number of nitro benzene ring substituents is 1. The molecule has 0 radical (unpaired) electrons. The van der Waals surface area contributed by atoms with Gasteiger partial charge in [-0.1, -0.05) is 64.3 Å². The molecule has 0 amide bonds. The molecule has 244 valence electrons. The summed E-state index contributed by atoms with van der Waals surface area (Å²) in [6.45, 7) is 3.69. The van der Waals surface area contributed by atoms with Crippen LogP contribution in [-0.4, -0.2) is 22.1 Å². The number of aromatic nitrogens is 1. The quantitative estimate of drug-likeness (QED) is 0.0875. The molecule has 1 atom stereocenters. The van der Waals surface area contributed by atoms with E-state index >= 15 is 0 Å². The van der Waals surface area contributed by atoms with Crippen molar-refractivity contribution in [2.75, 3.05) is 6.61 Å². The number of allylic oxidation sites excluding steroid dienone is 1. The van der Waals surface area contributed by atoms with Crippen LogP contribution in [0.4, 0.5) is 5.69 Å². The Balaban J connectivity index is 1.36. The Morgan fingerprint density at radius 2 is 1.83 bits per heavy atom. The lowest BCUT2D eigenvalue weighted by Crippen LogP contribution is -2.39. The molecule has 3 aromatic carbocycles. The van der Waals surface area contributed by atoms with Crippen molar-refractivity contribution in [2.24, 2.45) is 4.99 Å². The number of hydrogen-bond donors (Lipinski definition) is 0. The van der Waals surface area contributed by atoms with Gasteiger partial charge in [0.15, 0.2) is 4.80 Å². The summed E-state index contributed by atoms with van der Waals surface area (Å²) in [4.78, 5) is 43.0. The van der Waals surface area contributed by atoms with E-state index < -0.39 is 22.5 Å². The molecule has 0 saturated heterocycles. The summed E-state index contributed by atoms with van der Waals surface area (Å²) in [6, 6.07) is 18.5. The Kier molecular flexibility index (Phi) is 9.56. The fourth-order valence-corrected chi connectivity index (χ4v) is 6.85. The molecule has 0 bridgehead atoms. The van der Waals surface area contributed by atoms with Crippen LogP contribution in [0.15, 0.2) is 98.3 Å². The van der Waals surface area contributed by atoms with Crippen LogP contribution in [0.2, 0.25) is 15.1 Å². The third-order valence-electron chi connectivity index (χ3n) is 7.43. The maximum absolute atomic E-state index is 14.0. The molecule has 6 rings (SSSR count). The molecule has 10 nitrogen and oxygen atoms in total. The van der Waals surface area contributed by atoms with E-state index in [1.54, 1.807) is 62.4 Å². The topological polar surface area (TPSA) is 126 Å². The van der Waals surface area contributed by atoms with E-state index in [9.17, 15) is 19.7 Å². The van der Waals surface area contributed by atoms with Crippen LogP contribution in [0.1, 0.15) is 36.8 Å². The van der Waals surface area contributed by atoms with Crippen molar-refractivity contribution in [1.82, 2.24) is 4.57 Å². The van der Waals surface area contributed by atoms with Gasteiger partial charge >= 0.3 is 5.97 Å². The Morgan fingerprint density at radius 3 is 2.54 bits per heavy atom. The van der Waals surface area contributed by atoms with E-state index in [1.807, 2.05) is 12.1 Å². The first-order valence-corrected chi connectivity index (χ1v) is 16.4. The van der Waals surface area contributed by atoms with Crippen LogP contribution in [0, 0.1) is 10.1 Å². The number of rotatable bonds is 9. The molecule has 1 aliphatic heterocycles. The summed E-state index contributed by atoms with van der Waals surface area (Å²) in [5.41, 5.74) is 1.72. The molecular weight excluding hydrogens is 701 g/mol. The second-order valence-corrected chi connectivity index (χ2v) is 12.8. The van der Waals surface area contributed by atoms with Gasteiger partial charge in [-0.3, -0.25) is 19.5 Å². The summed E-state index contributed by atoms with van der Waals surface area (Å²) in [7, 11) is 0. The maximum atomic E-state index is 14.0. The minimum Gasteiger partial charge on any atom is -0.489 e. The summed E-state index contributed by atoms with van der Waals surface area (Å²) >= 11 is 19.8. The number of nitrogens with zero attached hydrogens (tertiary/aromatic N) is 3. The number of ether oxygens (including phenoxy) is 2. The molecule has 2 aromatic heterocycles. The highest BCUT2D eigenvalue weighted by atomic mass is 35.5. The number of nitro groups is 1. The molecule has 0 spiro atoms. The molecular formula is C34H24Cl3N3O7S. The molecule has 0 saturated carbocycles. The number of carbonyl (C=O) groups excluding carboxylic acids is 1.